The van der Waals surface area contributed by atoms with Crippen LogP contribution in [0.2, 0.25) is 0 Å². The van der Waals surface area contributed by atoms with E-state index in [2.05, 4.69) is 6.92 Å². The Kier molecular flexibility index (Phi) is 6.14. The van der Waals surface area contributed by atoms with Crippen LogP contribution < -0.4 is 0 Å². The summed E-state index contributed by atoms with van der Waals surface area (Å²) in [5, 5.41) is 0. The fraction of sp³-hybridized carbons (Fsp3) is 0.667. The lowest BCUT2D eigenvalue weighted by atomic mass is 10.1. The third-order valence-electron chi connectivity index (χ3n) is 1.42. The highest BCUT2D eigenvalue weighted by atomic mass is 16.1. The Labute approximate surface area is 63.1 Å². The van der Waals surface area contributed by atoms with Crippen LogP contribution in [-0.4, -0.2) is 6.29 Å². The first kappa shape index (κ1) is 9.41. The van der Waals surface area contributed by atoms with E-state index in [1.165, 1.54) is 19.3 Å². The molecule has 0 aliphatic rings. The molecule has 0 aromatic rings. The van der Waals surface area contributed by atoms with Crippen LogP contribution in [0, 0.1) is 0 Å². The molecule has 0 unspecified atom stereocenters. The van der Waals surface area contributed by atoms with E-state index in [0.29, 0.717) is 0 Å². The molecule has 1 heteroatoms. The highest BCUT2D eigenvalue weighted by Gasteiger charge is 1.85. The molecule has 0 aliphatic carbocycles. The average molecular weight is 139 g/mol. The fourth-order valence-electron chi connectivity index (χ4n) is 0.755. The SMILES string of the molecule is CCCCC/C=C(\C)[C]=O. The second kappa shape index (κ2) is 6.53. The van der Waals surface area contributed by atoms with Crippen LogP contribution in [0.3, 0.4) is 0 Å². The van der Waals surface area contributed by atoms with E-state index in [-0.39, 0.29) is 0 Å². The summed E-state index contributed by atoms with van der Waals surface area (Å²) in [4.78, 5) is 9.98. The van der Waals surface area contributed by atoms with E-state index >= 15 is 0 Å². The minimum absolute atomic E-state index is 0.733. The van der Waals surface area contributed by atoms with E-state index in [0.717, 1.165) is 12.0 Å². The van der Waals surface area contributed by atoms with Crippen molar-refractivity contribution in [3.63, 3.8) is 0 Å². The van der Waals surface area contributed by atoms with Crippen molar-refractivity contribution in [2.75, 3.05) is 0 Å². The van der Waals surface area contributed by atoms with Gasteiger partial charge >= 0.3 is 0 Å². The van der Waals surface area contributed by atoms with Crippen molar-refractivity contribution >= 4 is 6.29 Å². The van der Waals surface area contributed by atoms with E-state index in [1.807, 2.05) is 12.4 Å². The summed E-state index contributed by atoms with van der Waals surface area (Å²) in [6.07, 6.45) is 8.50. The van der Waals surface area contributed by atoms with Gasteiger partial charge in [-0.3, -0.25) is 4.79 Å². The highest BCUT2D eigenvalue weighted by Crippen LogP contribution is 2.01. The molecule has 0 atom stereocenters. The zero-order chi connectivity index (χ0) is 7.82. The monoisotopic (exact) mass is 139 g/mol. The Bertz CT molecular complexity index is 114. The largest absolute Gasteiger partial charge is 0.285 e. The zero-order valence-corrected chi connectivity index (χ0v) is 6.81. The molecule has 0 N–H and O–H groups in total. The molecule has 0 aromatic heterocycles. The molecule has 0 aliphatic heterocycles. The predicted molar refractivity (Wildman–Crippen MR) is 43.6 cm³/mol. The molecular formula is C9H15O. The van der Waals surface area contributed by atoms with Crippen LogP contribution in [0.5, 0.6) is 0 Å². The lowest BCUT2D eigenvalue weighted by molar-refractivity contribution is 0.561. The molecule has 0 aromatic carbocycles. The number of unbranched alkanes of at least 4 members (excludes halogenated alkanes) is 3. The summed E-state index contributed by atoms with van der Waals surface area (Å²) in [6, 6.07) is 0. The van der Waals surface area contributed by atoms with Gasteiger partial charge in [0.2, 0.25) is 6.29 Å². The Morgan fingerprint density at radius 1 is 1.50 bits per heavy atom. The minimum atomic E-state index is 0.733. The first-order valence-electron chi connectivity index (χ1n) is 3.86. The molecule has 0 amide bonds. The van der Waals surface area contributed by atoms with E-state index in [4.69, 9.17) is 0 Å². The van der Waals surface area contributed by atoms with Crippen molar-refractivity contribution in [3.8, 4) is 0 Å². The second-order valence-electron chi connectivity index (χ2n) is 2.48. The summed E-state index contributed by atoms with van der Waals surface area (Å²) in [5.41, 5.74) is 0.733. The van der Waals surface area contributed by atoms with Crippen molar-refractivity contribution < 1.29 is 4.79 Å². The van der Waals surface area contributed by atoms with Gasteiger partial charge in [-0.1, -0.05) is 25.8 Å². The molecule has 0 spiro atoms. The van der Waals surface area contributed by atoms with Crippen molar-refractivity contribution in [1.29, 1.82) is 0 Å². The molecule has 1 nitrogen and oxygen atoms in total. The summed E-state index contributed by atoms with van der Waals surface area (Å²) in [5.74, 6) is 0. The van der Waals surface area contributed by atoms with Crippen LogP contribution >= 0.6 is 0 Å². The first-order valence-corrected chi connectivity index (χ1v) is 3.86. The Hall–Kier alpha value is -0.590. The molecule has 10 heavy (non-hydrogen) atoms. The maximum atomic E-state index is 9.98. The fourth-order valence-corrected chi connectivity index (χ4v) is 0.755. The van der Waals surface area contributed by atoms with Gasteiger partial charge in [0.05, 0.1) is 0 Å². The summed E-state index contributed by atoms with van der Waals surface area (Å²) < 4.78 is 0. The third kappa shape index (κ3) is 5.54. The summed E-state index contributed by atoms with van der Waals surface area (Å²) in [7, 11) is 0. The molecule has 0 saturated carbocycles. The maximum absolute atomic E-state index is 9.98. The van der Waals surface area contributed by atoms with Gasteiger partial charge in [0.15, 0.2) is 0 Å². The van der Waals surface area contributed by atoms with Crippen LogP contribution in [0.25, 0.3) is 0 Å². The van der Waals surface area contributed by atoms with E-state index < -0.39 is 0 Å². The van der Waals surface area contributed by atoms with Gasteiger partial charge in [-0.05, 0) is 25.3 Å². The van der Waals surface area contributed by atoms with Gasteiger partial charge in [0, 0.05) is 0 Å². The summed E-state index contributed by atoms with van der Waals surface area (Å²) in [6.45, 7) is 3.96. The highest BCUT2D eigenvalue weighted by molar-refractivity contribution is 5.72. The quantitative estimate of drug-likeness (QED) is 0.422. The lowest BCUT2D eigenvalue weighted by Crippen LogP contribution is -1.77. The second-order valence-corrected chi connectivity index (χ2v) is 2.48. The summed E-state index contributed by atoms with van der Waals surface area (Å²) >= 11 is 0. The van der Waals surface area contributed by atoms with Crippen LogP contribution in [0.4, 0.5) is 0 Å². The Morgan fingerprint density at radius 3 is 2.70 bits per heavy atom. The third-order valence-corrected chi connectivity index (χ3v) is 1.42. The molecule has 0 heterocycles. The Balaban J connectivity index is 3.24. The van der Waals surface area contributed by atoms with Crippen molar-refractivity contribution in [2.45, 2.75) is 39.5 Å². The van der Waals surface area contributed by atoms with Crippen LogP contribution in [0.15, 0.2) is 11.6 Å². The van der Waals surface area contributed by atoms with Gasteiger partial charge in [-0.15, -0.1) is 0 Å². The predicted octanol–water partition coefficient (Wildman–Crippen LogP) is 2.62. The van der Waals surface area contributed by atoms with E-state index in [9.17, 15) is 4.79 Å². The molecular weight excluding hydrogens is 124 g/mol. The van der Waals surface area contributed by atoms with E-state index in [1.54, 1.807) is 6.92 Å². The van der Waals surface area contributed by atoms with Gasteiger partial charge in [0.1, 0.15) is 0 Å². The van der Waals surface area contributed by atoms with Gasteiger partial charge in [-0.25, -0.2) is 0 Å². The van der Waals surface area contributed by atoms with Gasteiger partial charge in [-0.2, -0.15) is 0 Å². The molecule has 0 bridgehead atoms. The number of allylic oxidation sites excluding steroid dienone is 2. The standard InChI is InChI=1S/C9H15O/c1-3-4-5-6-7-9(2)8-10/h7H,3-6H2,1-2H3/b9-7+. The van der Waals surface area contributed by atoms with Gasteiger partial charge in [0.25, 0.3) is 0 Å². The van der Waals surface area contributed by atoms with Crippen molar-refractivity contribution in [3.05, 3.63) is 11.6 Å². The number of carbonyl (C=O) groups excluding carboxylic acids is 1. The Morgan fingerprint density at radius 2 is 2.20 bits per heavy atom. The molecule has 0 saturated heterocycles. The lowest BCUT2D eigenvalue weighted by Gasteiger charge is -1.91. The number of rotatable bonds is 5. The topological polar surface area (TPSA) is 17.1 Å². The molecule has 0 rings (SSSR count). The smallest absolute Gasteiger partial charge is 0.228 e. The first-order chi connectivity index (χ1) is 4.81. The minimum Gasteiger partial charge on any atom is -0.285 e. The number of hydrogen-bond donors (Lipinski definition) is 0. The normalized spacial score (nSPS) is 11.6. The molecule has 0 fully saturated rings. The van der Waals surface area contributed by atoms with Crippen molar-refractivity contribution in [2.24, 2.45) is 0 Å². The average Bonchev–Trinajstić information content (AvgIpc) is 1.98. The number of hydrogen-bond acceptors (Lipinski definition) is 1. The van der Waals surface area contributed by atoms with Crippen LogP contribution in [0.1, 0.15) is 39.5 Å². The van der Waals surface area contributed by atoms with Crippen molar-refractivity contribution in [1.82, 2.24) is 0 Å². The van der Waals surface area contributed by atoms with Gasteiger partial charge < -0.3 is 0 Å². The van der Waals surface area contributed by atoms with Crippen LogP contribution in [-0.2, 0) is 4.79 Å². The zero-order valence-electron chi connectivity index (χ0n) is 6.81. The molecule has 1 radical (unpaired) electrons. The molecule has 57 valence electrons. The maximum Gasteiger partial charge on any atom is 0.228 e.